The molecule has 3 rings (SSSR count). The van der Waals surface area contributed by atoms with E-state index in [1.54, 1.807) is 42.5 Å². The average Bonchev–Trinajstić information content (AvgIpc) is 2.83. The third-order valence-corrected chi connectivity index (χ3v) is 4.55. The zero-order valence-corrected chi connectivity index (χ0v) is 15.3. The van der Waals surface area contributed by atoms with Crippen LogP contribution >= 0.6 is 27.5 Å². The van der Waals surface area contributed by atoms with Gasteiger partial charge in [-0.05, 0) is 36.8 Å². The van der Waals surface area contributed by atoms with Gasteiger partial charge in [0, 0.05) is 17.4 Å². The molecule has 0 bridgehead atoms. The molecule has 0 unspecified atom stereocenters. The van der Waals surface area contributed by atoms with Crippen LogP contribution in [0.3, 0.4) is 0 Å². The van der Waals surface area contributed by atoms with Crippen LogP contribution in [0.4, 0.5) is 0 Å². The molecule has 128 valence electrons. The molecule has 0 aliphatic carbocycles. The van der Waals surface area contributed by atoms with Crippen LogP contribution in [0.25, 0.3) is 0 Å². The summed E-state index contributed by atoms with van der Waals surface area (Å²) in [5, 5.41) is 0.322. The molecule has 0 saturated carbocycles. The second-order valence-corrected chi connectivity index (χ2v) is 6.78. The first kappa shape index (κ1) is 17.6. The molecule has 7 heteroatoms. The van der Waals surface area contributed by atoms with Crippen molar-refractivity contribution in [1.29, 1.82) is 0 Å². The number of amides is 2. The first-order chi connectivity index (χ1) is 12.0. The van der Waals surface area contributed by atoms with Crippen molar-refractivity contribution in [3.63, 3.8) is 0 Å². The molecule has 2 aromatic rings. The molecule has 0 N–H and O–H groups in total. The van der Waals surface area contributed by atoms with Crippen molar-refractivity contribution >= 4 is 45.3 Å². The summed E-state index contributed by atoms with van der Waals surface area (Å²) < 4.78 is 5.98. The number of hydrogen-bond acceptors (Lipinski definition) is 4. The summed E-state index contributed by atoms with van der Waals surface area (Å²) in [6.45, 7) is 0.162. The fourth-order valence-electron chi connectivity index (χ4n) is 2.56. The van der Waals surface area contributed by atoms with Crippen molar-refractivity contribution in [2.45, 2.75) is 12.8 Å². The Morgan fingerprint density at radius 2 is 1.72 bits per heavy atom. The topological polar surface area (TPSA) is 63.7 Å². The summed E-state index contributed by atoms with van der Waals surface area (Å²) in [6.07, 6.45) is 0.387. The van der Waals surface area contributed by atoms with Crippen molar-refractivity contribution in [2.75, 3.05) is 6.54 Å². The highest BCUT2D eigenvalue weighted by atomic mass is 79.9. The van der Waals surface area contributed by atoms with Gasteiger partial charge in [-0.3, -0.25) is 19.3 Å². The summed E-state index contributed by atoms with van der Waals surface area (Å²) in [4.78, 5) is 37.5. The van der Waals surface area contributed by atoms with E-state index in [2.05, 4.69) is 15.9 Å². The van der Waals surface area contributed by atoms with Crippen molar-refractivity contribution in [2.24, 2.45) is 0 Å². The largest absolute Gasteiger partial charge is 0.425 e. The minimum absolute atomic E-state index is 0.0692. The molecule has 0 atom stereocenters. The third kappa shape index (κ3) is 3.75. The fourth-order valence-corrected chi connectivity index (χ4v) is 3.27. The van der Waals surface area contributed by atoms with Gasteiger partial charge in [-0.1, -0.05) is 39.7 Å². The van der Waals surface area contributed by atoms with E-state index in [0.29, 0.717) is 22.6 Å². The van der Waals surface area contributed by atoms with E-state index in [1.807, 2.05) is 0 Å². The maximum atomic E-state index is 12.2. The highest BCUT2D eigenvalue weighted by Gasteiger charge is 2.34. The monoisotopic (exact) mass is 421 g/mol. The van der Waals surface area contributed by atoms with Gasteiger partial charge in [0.25, 0.3) is 11.8 Å². The van der Waals surface area contributed by atoms with Crippen LogP contribution in [-0.4, -0.2) is 29.2 Å². The number of carbonyl (C=O) groups excluding carboxylic acids is 3. The van der Waals surface area contributed by atoms with Crippen molar-refractivity contribution in [3.8, 4) is 5.75 Å². The summed E-state index contributed by atoms with van der Waals surface area (Å²) >= 11 is 9.27. The quantitative estimate of drug-likeness (QED) is 0.414. The molecule has 1 aliphatic heterocycles. The molecule has 1 heterocycles. The van der Waals surface area contributed by atoms with Crippen molar-refractivity contribution in [1.82, 2.24) is 4.90 Å². The normalized spacial score (nSPS) is 13.1. The Hall–Kier alpha value is -2.18. The van der Waals surface area contributed by atoms with E-state index in [1.165, 1.54) is 0 Å². The zero-order chi connectivity index (χ0) is 18.0. The van der Waals surface area contributed by atoms with Gasteiger partial charge >= 0.3 is 5.97 Å². The Balaban J connectivity index is 1.54. The standard InChI is InChI=1S/C18H13BrClNO4/c19-11-7-8-15(14(20)10-11)25-16(22)6-3-9-21-17(23)12-4-1-2-5-13(12)18(21)24/h1-2,4-5,7-8,10H,3,6,9H2. The lowest BCUT2D eigenvalue weighted by atomic mass is 10.1. The lowest BCUT2D eigenvalue weighted by molar-refractivity contribution is -0.134. The molecule has 0 fully saturated rings. The minimum atomic E-state index is -0.471. The molecule has 0 spiro atoms. The number of fused-ring (bicyclic) bond motifs is 1. The summed E-state index contributed by atoms with van der Waals surface area (Å²) in [6, 6.07) is 11.6. The maximum absolute atomic E-state index is 12.2. The van der Waals surface area contributed by atoms with Gasteiger partial charge in [-0.25, -0.2) is 0 Å². The highest BCUT2D eigenvalue weighted by Crippen LogP contribution is 2.28. The zero-order valence-electron chi connectivity index (χ0n) is 13.0. The van der Waals surface area contributed by atoms with Crippen LogP contribution in [0.1, 0.15) is 33.6 Å². The van der Waals surface area contributed by atoms with E-state index < -0.39 is 5.97 Å². The molecule has 0 radical (unpaired) electrons. The number of esters is 1. The van der Waals surface area contributed by atoms with Crippen LogP contribution in [0.5, 0.6) is 5.75 Å². The van der Waals surface area contributed by atoms with Crippen LogP contribution in [0.2, 0.25) is 5.02 Å². The smallest absolute Gasteiger partial charge is 0.311 e. The summed E-state index contributed by atoms with van der Waals surface area (Å²) in [5.74, 6) is -0.855. The fraction of sp³-hybridized carbons (Fsp3) is 0.167. The van der Waals surface area contributed by atoms with Gasteiger partial charge in [0.2, 0.25) is 0 Å². The van der Waals surface area contributed by atoms with Crippen molar-refractivity contribution < 1.29 is 19.1 Å². The second-order valence-electron chi connectivity index (χ2n) is 5.46. The van der Waals surface area contributed by atoms with E-state index in [4.69, 9.17) is 16.3 Å². The number of halogens is 2. The van der Waals surface area contributed by atoms with Crippen LogP contribution in [-0.2, 0) is 4.79 Å². The molecule has 1 aliphatic rings. The highest BCUT2D eigenvalue weighted by molar-refractivity contribution is 9.10. The second kappa shape index (κ2) is 7.37. The number of hydrogen-bond donors (Lipinski definition) is 0. The van der Waals surface area contributed by atoms with Gasteiger partial charge in [-0.15, -0.1) is 0 Å². The number of nitrogens with zero attached hydrogens (tertiary/aromatic N) is 1. The number of ether oxygens (including phenoxy) is 1. The molecule has 5 nitrogen and oxygen atoms in total. The number of rotatable bonds is 5. The van der Waals surface area contributed by atoms with Gasteiger partial charge in [0.05, 0.1) is 16.1 Å². The maximum Gasteiger partial charge on any atom is 0.311 e. The summed E-state index contributed by atoms with van der Waals surface area (Å²) in [5.41, 5.74) is 0.799. The Kier molecular flexibility index (Phi) is 5.20. The van der Waals surface area contributed by atoms with Crippen LogP contribution in [0, 0.1) is 0 Å². The molecule has 25 heavy (non-hydrogen) atoms. The van der Waals surface area contributed by atoms with E-state index in [9.17, 15) is 14.4 Å². The first-order valence-corrected chi connectivity index (χ1v) is 8.75. The van der Waals surface area contributed by atoms with Gasteiger partial charge in [0.15, 0.2) is 0 Å². The van der Waals surface area contributed by atoms with Gasteiger partial charge in [0.1, 0.15) is 5.75 Å². The lowest BCUT2D eigenvalue weighted by Gasteiger charge is -2.13. The lowest BCUT2D eigenvalue weighted by Crippen LogP contribution is -2.31. The predicted molar refractivity (Wildman–Crippen MR) is 95.8 cm³/mol. The molecule has 2 aromatic carbocycles. The minimum Gasteiger partial charge on any atom is -0.425 e. The molecule has 0 saturated heterocycles. The molecular weight excluding hydrogens is 410 g/mol. The summed E-state index contributed by atoms with van der Waals surface area (Å²) in [7, 11) is 0. The molecule has 0 aromatic heterocycles. The first-order valence-electron chi connectivity index (χ1n) is 7.58. The molecule has 2 amide bonds. The Morgan fingerprint density at radius 1 is 1.08 bits per heavy atom. The van der Waals surface area contributed by atoms with Crippen LogP contribution < -0.4 is 4.74 Å². The SMILES string of the molecule is O=C(CCCN1C(=O)c2ccccc2C1=O)Oc1ccc(Br)cc1Cl. The average molecular weight is 423 g/mol. The van der Waals surface area contributed by atoms with E-state index in [0.717, 1.165) is 9.37 Å². The van der Waals surface area contributed by atoms with Crippen LogP contribution in [0.15, 0.2) is 46.9 Å². The van der Waals surface area contributed by atoms with Crippen molar-refractivity contribution in [3.05, 3.63) is 63.1 Å². The predicted octanol–water partition coefficient (Wildman–Crippen LogP) is 4.08. The van der Waals surface area contributed by atoms with E-state index >= 15 is 0 Å². The van der Waals surface area contributed by atoms with Gasteiger partial charge in [-0.2, -0.15) is 0 Å². The van der Waals surface area contributed by atoms with Gasteiger partial charge < -0.3 is 4.74 Å². The Morgan fingerprint density at radius 3 is 2.32 bits per heavy atom. The van der Waals surface area contributed by atoms with E-state index in [-0.39, 0.29) is 30.5 Å². The number of carbonyl (C=O) groups is 3. The third-order valence-electron chi connectivity index (χ3n) is 3.76. The number of imide groups is 1. The number of benzene rings is 2. The Bertz CT molecular complexity index is 833. The molecular formula is C18H13BrClNO4. The Labute approximate surface area is 157 Å².